The second-order valence-electron chi connectivity index (χ2n) is 7.45. The molecule has 1 saturated heterocycles. The second kappa shape index (κ2) is 7.46. The summed E-state index contributed by atoms with van der Waals surface area (Å²) in [5.74, 6) is -0.726. The Morgan fingerprint density at radius 2 is 1.68 bits per heavy atom. The zero-order valence-electron chi connectivity index (χ0n) is 16.6. The van der Waals surface area contributed by atoms with E-state index in [4.69, 9.17) is 0 Å². The van der Waals surface area contributed by atoms with E-state index in [1.165, 1.54) is 0 Å². The molecule has 1 unspecified atom stereocenters. The Morgan fingerprint density at radius 1 is 1.07 bits per heavy atom. The molecule has 6 heteroatoms. The number of carbonyl (C=O) groups excluding carboxylic acids is 3. The molecule has 1 fully saturated rings. The molecule has 1 atom stereocenters. The van der Waals surface area contributed by atoms with Gasteiger partial charge >= 0.3 is 6.03 Å². The number of benzene rings is 2. The van der Waals surface area contributed by atoms with Crippen molar-refractivity contribution in [3.8, 4) is 0 Å². The van der Waals surface area contributed by atoms with Gasteiger partial charge in [-0.25, -0.2) is 4.79 Å². The lowest BCUT2D eigenvalue weighted by atomic mass is 9.88. The number of aryl methyl sites for hydroxylation is 1. The van der Waals surface area contributed by atoms with Crippen LogP contribution in [0.3, 0.4) is 0 Å². The van der Waals surface area contributed by atoms with E-state index < -0.39 is 17.5 Å². The highest BCUT2D eigenvalue weighted by molar-refractivity contribution is 6.10. The van der Waals surface area contributed by atoms with E-state index >= 15 is 0 Å². The zero-order chi connectivity index (χ0) is 20.5. The zero-order valence-corrected chi connectivity index (χ0v) is 16.6. The number of para-hydroxylation sites is 1. The quantitative estimate of drug-likeness (QED) is 0.811. The van der Waals surface area contributed by atoms with Gasteiger partial charge < -0.3 is 10.2 Å². The van der Waals surface area contributed by atoms with Crippen molar-refractivity contribution in [2.24, 2.45) is 0 Å². The van der Waals surface area contributed by atoms with Gasteiger partial charge in [-0.2, -0.15) is 0 Å². The maximum absolute atomic E-state index is 13.1. The molecular weight excluding hydrogens is 354 g/mol. The van der Waals surface area contributed by atoms with Crippen LogP contribution in [0, 0.1) is 6.92 Å². The third-order valence-corrected chi connectivity index (χ3v) is 5.07. The molecule has 1 N–H and O–H groups in total. The monoisotopic (exact) mass is 379 g/mol. The topological polar surface area (TPSA) is 69.7 Å². The Kier molecular flexibility index (Phi) is 5.23. The molecule has 4 amide bonds. The van der Waals surface area contributed by atoms with Gasteiger partial charge in [0.15, 0.2) is 0 Å². The summed E-state index contributed by atoms with van der Waals surface area (Å²) in [5.41, 5.74) is 1.18. The van der Waals surface area contributed by atoms with Crippen molar-refractivity contribution in [3.05, 3.63) is 65.7 Å². The summed E-state index contributed by atoms with van der Waals surface area (Å²) in [6, 6.07) is 16.0. The van der Waals surface area contributed by atoms with Crippen LogP contribution in [-0.2, 0) is 15.1 Å². The summed E-state index contributed by atoms with van der Waals surface area (Å²) in [7, 11) is 0. The van der Waals surface area contributed by atoms with E-state index in [0.29, 0.717) is 0 Å². The fourth-order valence-corrected chi connectivity index (χ4v) is 3.69. The smallest absolute Gasteiger partial charge is 0.319 e. The Hall–Kier alpha value is -3.15. The first-order valence-corrected chi connectivity index (χ1v) is 9.33. The summed E-state index contributed by atoms with van der Waals surface area (Å²) in [5, 5.41) is 2.77. The Morgan fingerprint density at radius 3 is 2.29 bits per heavy atom. The van der Waals surface area contributed by atoms with E-state index in [2.05, 4.69) is 5.32 Å². The molecule has 2 aromatic rings. The standard InChI is InChI=1S/C22H25N3O3/c1-15(2)25(17-11-6-5-7-12-17)19(26)14-24-20(27)22(4,23-21(24)28)18-13-9-8-10-16(18)3/h5-13,15H,14H2,1-4H3,(H,23,28). The van der Waals surface area contributed by atoms with Crippen LogP contribution in [0.4, 0.5) is 10.5 Å². The minimum absolute atomic E-state index is 0.113. The minimum atomic E-state index is -1.18. The van der Waals surface area contributed by atoms with E-state index in [9.17, 15) is 14.4 Å². The number of amides is 4. The molecule has 28 heavy (non-hydrogen) atoms. The first-order valence-electron chi connectivity index (χ1n) is 9.33. The lowest BCUT2D eigenvalue weighted by Gasteiger charge is -2.28. The summed E-state index contributed by atoms with van der Waals surface area (Å²) in [4.78, 5) is 41.3. The first kappa shape index (κ1) is 19.6. The van der Waals surface area contributed by atoms with Crippen molar-refractivity contribution in [3.63, 3.8) is 0 Å². The predicted octanol–water partition coefficient (Wildman–Crippen LogP) is 3.20. The van der Waals surface area contributed by atoms with Crippen LogP contribution in [0.25, 0.3) is 0 Å². The molecule has 0 aromatic heterocycles. The third kappa shape index (κ3) is 3.38. The molecule has 1 aliphatic rings. The van der Waals surface area contributed by atoms with E-state index in [1.807, 2.05) is 75.4 Å². The van der Waals surface area contributed by atoms with Crippen LogP contribution >= 0.6 is 0 Å². The number of imide groups is 1. The number of hydrogen-bond donors (Lipinski definition) is 1. The molecule has 0 aliphatic carbocycles. The number of rotatable bonds is 5. The summed E-state index contributed by atoms with van der Waals surface area (Å²) >= 11 is 0. The van der Waals surface area contributed by atoms with Crippen LogP contribution in [0.2, 0.25) is 0 Å². The third-order valence-electron chi connectivity index (χ3n) is 5.07. The highest BCUT2D eigenvalue weighted by Crippen LogP contribution is 2.31. The number of urea groups is 1. The van der Waals surface area contributed by atoms with Crippen LogP contribution in [0.5, 0.6) is 0 Å². The van der Waals surface area contributed by atoms with Crippen molar-refractivity contribution in [2.75, 3.05) is 11.4 Å². The SMILES string of the molecule is Cc1ccccc1C1(C)NC(=O)N(CC(=O)N(c2ccccc2)C(C)C)C1=O. The van der Waals surface area contributed by atoms with Crippen molar-refractivity contribution in [1.82, 2.24) is 10.2 Å². The number of nitrogens with one attached hydrogen (secondary N) is 1. The fourth-order valence-electron chi connectivity index (χ4n) is 3.69. The normalized spacial score (nSPS) is 19.1. The molecule has 2 aromatic carbocycles. The van der Waals surface area contributed by atoms with Crippen LogP contribution in [-0.4, -0.2) is 35.3 Å². The number of anilines is 1. The van der Waals surface area contributed by atoms with Crippen LogP contribution in [0.1, 0.15) is 31.9 Å². The summed E-state index contributed by atoms with van der Waals surface area (Å²) in [6.07, 6.45) is 0. The van der Waals surface area contributed by atoms with Gasteiger partial charge in [-0.05, 0) is 51.0 Å². The van der Waals surface area contributed by atoms with Crippen LogP contribution in [0.15, 0.2) is 54.6 Å². The number of carbonyl (C=O) groups is 3. The highest BCUT2D eigenvalue weighted by Gasteiger charge is 2.50. The maximum Gasteiger partial charge on any atom is 0.325 e. The van der Waals surface area contributed by atoms with E-state index in [0.717, 1.165) is 21.7 Å². The summed E-state index contributed by atoms with van der Waals surface area (Å²) in [6.45, 7) is 7.06. The Labute approximate surface area is 165 Å². The van der Waals surface area contributed by atoms with Crippen molar-refractivity contribution in [1.29, 1.82) is 0 Å². The molecule has 6 nitrogen and oxygen atoms in total. The van der Waals surface area contributed by atoms with Gasteiger partial charge in [0.05, 0.1) is 0 Å². The highest BCUT2D eigenvalue weighted by atomic mass is 16.2. The fraction of sp³-hybridized carbons (Fsp3) is 0.318. The molecule has 146 valence electrons. The summed E-state index contributed by atoms with van der Waals surface area (Å²) < 4.78 is 0. The van der Waals surface area contributed by atoms with Gasteiger partial charge in [0.1, 0.15) is 12.1 Å². The van der Waals surface area contributed by atoms with Crippen molar-refractivity contribution < 1.29 is 14.4 Å². The molecule has 0 saturated carbocycles. The van der Waals surface area contributed by atoms with Crippen LogP contribution < -0.4 is 10.2 Å². The minimum Gasteiger partial charge on any atom is -0.319 e. The molecule has 3 rings (SSSR count). The van der Waals surface area contributed by atoms with Crippen molar-refractivity contribution >= 4 is 23.5 Å². The molecular formula is C22H25N3O3. The van der Waals surface area contributed by atoms with Gasteiger partial charge in [-0.1, -0.05) is 42.5 Å². The van der Waals surface area contributed by atoms with E-state index in [1.54, 1.807) is 11.8 Å². The van der Waals surface area contributed by atoms with Gasteiger partial charge in [0, 0.05) is 11.7 Å². The van der Waals surface area contributed by atoms with Gasteiger partial charge in [-0.3, -0.25) is 14.5 Å². The first-order chi connectivity index (χ1) is 13.3. The lowest BCUT2D eigenvalue weighted by Crippen LogP contribution is -2.46. The average molecular weight is 379 g/mol. The Balaban J connectivity index is 1.86. The largest absolute Gasteiger partial charge is 0.325 e. The average Bonchev–Trinajstić information content (AvgIpc) is 2.86. The molecule has 0 spiro atoms. The van der Waals surface area contributed by atoms with Gasteiger partial charge in [0.25, 0.3) is 5.91 Å². The number of nitrogens with zero attached hydrogens (tertiary/aromatic N) is 2. The molecule has 1 aliphatic heterocycles. The van der Waals surface area contributed by atoms with Gasteiger partial charge in [-0.15, -0.1) is 0 Å². The van der Waals surface area contributed by atoms with Gasteiger partial charge in [0.2, 0.25) is 5.91 Å². The molecule has 1 heterocycles. The second-order valence-corrected chi connectivity index (χ2v) is 7.45. The number of hydrogen-bond acceptors (Lipinski definition) is 3. The lowest BCUT2D eigenvalue weighted by molar-refractivity contribution is -0.134. The Bertz CT molecular complexity index is 910. The maximum atomic E-state index is 13.1. The van der Waals surface area contributed by atoms with Crippen molar-refractivity contribution in [2.45, 2.75) is 39.3 Å². The predicted molar refractivity (Wildman–Crippen MR) is 108 cm³/mol. The molecule has 0 radical (unpaired) electrons. The molecule has 0 bridgehead atoms. The van der Waals surface area contributed by atoms with E-state index in [-0.39, 0.29) is 18.5 Å².